The van der Waals surface area contributed by atoms with Crippen LogP contribution in [0.15, 0.2) is 54.9 Å². The summed E-state index contributed by atoms with van der Waals surface area (Å²) in [6.07, 6.45) is 4.59. The number of carbonyl (C=O) groups is 1. The number of halogens is 1. The SMILES string of the molecule is CCC(C)Nc1nccc(-c2c(-c3ccc(F)cc3)nc3cc(CN(C)CC(N)=O)ccn23)n1. The van der Waals surface area contributed by atoms with E-state index in [9.17, 15) is 9.18 Å². The van der Waals surface area contributed by atoms with Gasteiger partial charge in [0.2, 0.25) is 11.9 Å². The van der Waals surface area contributed by atoms with Gasteiger partial charge in [-0.15, -0.1) is 0 Å². The molecule has 34 heavy (non-hydrogen) atoms. The highest BCUT2D eigenvalue weighted by Crippen LogP contribution is 2.32. The molecule has 9 heteroatoms. The topological polar surface area (TPSA) is 101 Å². The van der Waals surface area contributed by atoms with Crippen molar-refractivity contribution in [2.75, 3.05) is 18.9 Å². The number of anilines is 1. The van der Waals surface area contributed by atoms with Crippen LogP contribution < -0.4 is 11.1 Å². The largest absolute Gasteiger partial charge is 0.369 e. The van der Waals surface area contributed by atoms with E-state index in [-0.39, 0.29) is 24.3 Å². The third-order valence-electron chi connectivity index (χ3n) is 5.57. The summed E-state index contributed by atoms with van der Waals surface area (Å²) >= 11 is 0. The van der Waals surface area contributed by atoms with E-state index in [2.05, 4.69) is 24.1 Å². The molecule has 0 spiro atoms. The molecule has 0 saturated carbocycles. The number of likely N-dealkylation sites (N-methyl/N-ethyl adjacent to an activating group) is 1. The Balaban J connectivity index is 1.81. The van der Waals surface area contributed by atoms with Gasteiger partial charge in [0.05, 0.1) is 23.6 Å². The molecule has 0 fully saturated rings. The fourth-order valence-electron chi connectivity index (χ4n) is 3.76. The molecule has 0 aliphatic carbocycles. The molecule has 3 N–H and O–H groups in total. The molecule has 8 nitrogen and oxygen atoms in total. The minimum absolute atomic E-state index is 0.165. The summed E-state index contributed by atoms with van der Waals surface area (Å²) in [5, 5.41) is 3.31. The van der Waals surface area contributed by atoms with E-state index in [0.29, 0.717) is 29.5 Å². The highest BCUT2D eigenvalue weighted by molar-refractivity contribution is 5.81. The van der Waals surface area contributed by atoms with Crippen LogP contribution in [0.5, 0.6) is 0 Å². The zero-order valence-corrected chi connectivity index (χ0v) is 19.5. The Labute approximate surface area is 197 Å². The Morgan fingerprint density at radius 3 is 2.68 bits per heavy atom. The van der Waals surface area contributed by atoms with Crippen LogP contribution in [0.3, 0.4) is 0 Å². The highest BCUT2D eigenvalue weighted by Gasteiger charge is 2.19. The fraction of sp³-hybridized carbons (Fsp3) is 0.280. The number of amides is 1. The van der Waals surface area contributed by atoms with Gasteiger partial charge in [0.1, 0.15) is 11.5 Å². The average Bonchev–Trinajstić information content (AvgIpc) is 3.17. The second-order valence-corrected chi connectivity index (χ2v) is 8.44. The zero-order valence-electron chi connectivity index (χ0n) is 19.5. The molecule has 0 aliphatic heterocycles. The van der Waals surface area contributed by atoms with Crippen molar-refractivity contribution in [1.29, 1.82) is 0 Å². The number of fused-ring (bicyclic) bond motifs is 1. The predicted octanol–water partition coefficient (Wildman–Crippen LogP) is 3.72. The Kier molecular flexibility index (Phi) is 6.83. The van der Waals surface area contributed by atoms with Crippen molar-refractivity contribution >= 4 is 17.5 Å². The van der Waals surface area contributed by atoms with Crippen LogP contribution in [0.1, 0.15) is 25.8 Å². The standard InChI is InChI=1S/C25H28FN7O/c1-4-16(2)29-25-28-11-9-20(30-25)24-23(18-5-7-19(26)8-6-18)31-22-13-17(10-12-33(22)24)14-32(3)15-21(27)34/h5-13,16H,4,14-15H2,1-3H3,(H2,27,34)(H,28,29,30). The number of imidazole rings is 1. The van der Waals surface area contributed by atoms with Crippen LogP contribution in [-0.4, -0.2) is 49.8 Å². The van der Waals surface area contributed by atoms with E-state index in [4.69, 9.17) is 15.7 Å². The number of hydrogen-bond acceptors (Lipinski definition) is 6. The fourth-order valence-corrected chi connectivity index (χ4v) is 3.76. The van der Waals surface area contributed by atoms with Crippen molar-refractivity contribution in [2.24, 2.45) is 5.73 Å². The first-order chi connectivity index (χ1) is 16.3. The molecule has 3 aromatic heterocycles. The Bertz CT molecular complexity index is 1300. The third-order valence-corrected chi connectivity index (χ3v) is 5.57. The number of rotatable bonds is 9. The Hall–Kier alpha value is -3.85. The summed E-state index contributed by atoms with van der Waals surface area (Å²) in [5.41, 5.74) is 9.97. The van der Waals surface area contributed by atoms with Crippen LogP contribution in [0.2, 0.25) is 0 Å². The van der Waals surface area contributed by atoms with Gasteiger partial charge >= 0.3 is 0 Å². The van der Waals surface area contributed by atoms with Crippen LogP contribution in [-0.2, 0) is 11.3 Å². The molecule has 0 aliphatic rings. The number of pyridine rings is 1. The first-order valence-electron chi connectivity index (χ1n) is 11.2. The van der Waals surface area contributed by atoms with Crippen LogP contribution >= 0.6 is 0 Å². The quantitative estimate of drug-likeness (QED) is 0.394. The van der Waals surface area contributed by atoms with Gasteiger partial charge in [-0.3, -0.25) is 14.1 Å². The monoisotopic (exact) mass is 461 g/mol. The summed E-state index contributed by atoms with van der Waals surface area (Å²) in [6.45, 7) is 4.88. The molecule has 0 bridgehead atoms. The van der Waals surface area contributed by atoms with Gasteiger partial charge in [-0.25, -0.2) is 19.3 Å². The molecule has 1 amide bonds. The number of carbonyl (C=O) groups excluding carboxylic acids is 1. The Morgan fingerprint density at radius 2 is 1.97 bits per heavy atom. The molecule has 3 heterocycles. The first kappa shape index (κ1) is 23.3. The van der Waals surface area contributed by atoms with Gasteiger partial charge in [-0.1, -0.05) is 6.92 Å². The Morgan fingerprint density at radius 1 is 1.21 bits per heavy atom. The van der Waals surface area contributed by atoms with Gasteiger partial charge in [-0.2, -0.15) is 0 Å². The minimum atomic E-state index is -0.379. The van der Waals surface area contributed by atoms with E-state index in [1.807, 2.05) is 40.7 Å². The number of nitrogens with one attached hydrogen (secondary N) is 1. The number of nitrogens with zero attached hydrogens (tertiary/aromatic N) is 5. The number of aromatic nitrogens is 4. The summed E-state index contributed by atoms with van der Waals surface area (Å²) < 4.78 is 15.6. The summed E-state index contributed by atoms with van der Waals surface area (Å²) in [7, 11) is 1.84. The zero-order chi connectivity index (χ0) is 24.2. The van der Waals surface area contributed by atoms with Gasteiger partial charge < -0.3 is 11.1 Å². The lowest BCUT2D eigenvalue weighted by Gasteiger charge is -2.14. The normalized spacial score (nSPS) is 12.3. The summed E-state index contributed by atoms with van der Waals surface area (Å²) in [5.74, 6) is -0.150. The summed E-state index contributed by atoms with van der Waals surface area (Å²) in [4.78, 5) is 27.1. The molecule has 4 rings (SSSR count). The molecule has 0 saturated heterocycles. The van der Waals surface area contributed by atoms with E-state index in [1.165, 1.54) is 12.1 Å². The van der Waals surface area contributed by atoms with Gasteiger partial charge in [0, 0.05) is 30.5 Å². The first-order valence-corrected chi connectivity index (χ1v) is 11.2. The third kappa shape index (κ3) is 5.20. The minimum Gasteiger partial charge on any atom is -0.369 e. The van der Waals surface area contributed by atoms with E-state index in [0.717, 1.165) is 23.2 Å². The molecular weight excluding hydrogens is 433 g/mol. The van der Waals surface area contributed by atoms with E-state index in [1.54, 1.807) is 18.3 Å². The number of primary amides is 1. The lowest BCUT2D eigenvalue weighted by molar-refractivity contribution is -0.118. The second kappa shape index (κ2) is 9.96. The molecule has 4 aromatic rings. The smallest absolute Gasteiger partial charge is 0.231 e. The maximum Gasteiger partial charge on any atom is 0.231 e. The predicted molar refractivity (Wildman–Crippen MR) is 131 cm³/mol. The molecule has 176 valence electrons. The number of nitrogens with two attached hydrogens (primary N) is 1. The molecule has 1 aromatic carbocycles. The number of benzene rings is 1. The highest BCUT2D eigenvalue weighted by atomic mass is 19.1. The van der Waals surface area contributed by atoms with Gasteiger partial charge in [0.15, 0.2) is 0 Å². The maximum atomic E-state index is 13.6. The van der Waals surface area contributed by atoms with Crippen molar-refractivity contribution in [1.82, 2.24) is 24.3 Å². The molecule has 1 unspecified atom stereocenters. The van der Waals surface area contributed by atoms with Gasteiger partial charge in [0.25, 0.3) is 0 Å². The van der Waals surface area contributed by atoms with Crippen molar-refractivity contribution in [3.63, 3.8) is 0 Å². The van der Waals surface area contributed by atoms with E-state index < -0.39 is 0 Å². The van der Waals surface area contributed by atoms with Crippen molar-refractivity contribution in [3.8, 4) is 22.6 Å². The maximum absolute atomic E-state index is 13.6. The lowest BCUT2D eigenvalue weighted by atomic mass is 10.1. The van der Waals surface area contributed by atoms with Crippen LogP contribution in [0.25, 0.3) is 28.3 Å². The van der Waals surface area contributed by atoms with Crippen LogP contribution in [0.4, 0.5) is 10.3 Å². The van der Waals surface area contributed by atoms with Crippen molar-refractivity contribution in [3.05, 3.63) is 66.2 Å². The average molecular weight is 462 g/mol. The molecule has 0 radical (unpaired) electrons. The van der Waals surface area contributed by atoms with E-state index >= 15 is 0 Å². The lowest BCUT2D eigenvalue weighted by Crippen LogP contribution is -2.30. The summed E-state index contributed by atoms with van der Waals surface area (Å²) in [6, 6.07) is 12.3. The van der Waals surface area contributed by atoms with Crippen LogP contribution in [0, 0.1) is 5.82 Å². The molecule has 1 atom stereocenters. The van der Waals surface area contributed by atoms with Crippen molar-refractivity contribution < 1.29 is 9.18 Å². The van der Waals surface area contributed by atoms with Crippen molar-refractivity contribution in [2.45, 2.75) is 32.9 Å². The number of hydrogen-bond donors (Lipinski definition) is 2. The second-order valence-electron chi connectivity index (χ2n) is 8.44. The van der Waals surface area contributed by atoms with Gasteiger partial charge in [-0.05, 0) is 68.4 Å². The molecular formula is C25H28FN7O.